The lowest BCUT2D eigenvalue weighted by atomic mass is 10.0. The zero-order chi connectivity index (χ0) is 24.8. The lowest BCUT2D eigenvalue weighted by molar-refractivity contribution is -0.131. The Hall–Kier alpha value is -3.75. The first-order valence-electron chi connectivity index (χ1n) is 11.7. The van der Waals surface area contributed by atoms with Crippen LogP contribution in [0.4, 0.5) is 4.39 Å². The van der Waals surface area contributed by atoms with Gasteiger partial charge in [-0.3, -0.25) is 9.59 Å². The molecule has 1 fully saturated rings. The number of nitrogens with zero attached hydrogens (tertiary/aromatic N) is 3. The second-order valence-electron chi connectivity index (χ2n) is 8.69. The Bertz CT molecular complexity index is 1190. The van der Waals surface area contributed by atoms with Crippen LogP contribution < -0.4 is 10.1 Å². The Morgan fingerprint density at radius 2 is 1.97 bits per heavy atom. The van der Waals surface area contributed by atoms with Gasteiger partial charge in [0.1, 0.15) is 11.6 Å². The van der Waals surface area contributed by atoms with E-state index in [0.29, 0.717) is 67.4 Å². The van der Waals surface area contributed by atoms with Crippen molar-refractivity contribution in [3.8, 4) is 17.1 Å². The van der Waals surface area contributed by atoms with Gasteiger partial charge in [0, 0.05) is 43.1 Å². The van der Waals surface area contributed by atoms with E-state index in [1.54, 1.807) is 26.2 Å². The van der Waals surface area contributed by atoms with Crippen LogP contribution in [0.2, 0.25) is 0 Å². The molecule has 0 saturated carbocycles. The number of methoxy groups -OCH3 is 1. The van der Waals surface area contributed by atoms with Crippen LogP contribution in [0.1, 0.15) is 36.3 Å². The fourth-order valence-corrected chi connectivity index (χ4v) is 4.17. The molecule has 9 heteroatoms. The molecule has 2 heterocycles. The van der Waals surface area contributed by atoms with E-state index in [4.69, 9.17) is 9.26 Å². The summed E-state index contributed by atoms with van der Waals surface area (Å²) in [5.74, 6) is 1.11. The third-order valence-corrected chi connectivity index (χ3v) is 6.20. The smallest absolute Gasteiger partial charge is 0.227 e. The number of ether oxygens (including phenoxy) is 1. The molecule has 0 aliphatic carbocycles. The highest BCUT2D eigenvalue weighted by Crippen LogP contribution is 2.21. The van der Waals surface area contributed by atoms with Crippen LogP contribution in [-0.2, 0) is 22.4 Å². The van der Waals surface area contributed by atoms with Gasteiger partial charge in [0.2, 0.25) is 23.5 Å². The van der Waals surface area contributed by atoms with Gasteiger partial charge in [-0.2, -0.15) is 4.98 Å². The lowest BCUT2D eigenvalue weighted by Gasteiger charge is -2.32. The molecule has 1 aromatic heterocycles. The standard InChI is InChI=1S/C26H29FN4O4/c1-17-15-19(7-8-21(17)27)26-29-24(35-30-26)10-9-23(32)28-20-11-13-31(14-12-20)25(33)16-18-5-3-4-6-22(18)34-2/h3-8,15,20H,9-14,16H2,1-2H3,(H,28,32). The molecular weight excluding hydrogens is 451 g/mol. The summed E-state index contributed by atoms with van der Waals surface area (Å²) in [4.78, 5) is 31.3. The van der Waals surface area contributed by atoms with Gasteiger partial charge in [-0.25, -0.2) is 4.39 Å². The number of halogens is 1. The van der Waals surface area contributed by atoms with E-state index >= 15 is 0 Å². The molecular formula is C26H29FN4O4. The number of benzene rings is 2. The maximum absolute atomic E-state index is 13.5. The van der Waals surface area contributed by atoms with Gasteiger partial charge in [0.05, 0.1) is 13.5 Å². The van der Waals surface area contributed by atoms with Gasteiger partial charge in [-0.05, 0) is 49.6 Å². The topological polar surface area (TPSA) is 97.6 Å². The average molecular weight is 481 g/mol. The third-order valence-electron chi connectivity index (χ3n) is 6.20. The number of para-hydroxylation sites is 1. The van der Waals surface area contributed by atoms with Crippen molar-refractivity contribution in [2.75, 3.05) is 20.2 Å². The van der Waals surface area contributed by atoms with E-state index in [2.05, 4.69) is 15.5 Å². The van der Waals surface area contributed by atoms with E-state index in [1.807, 2.05) is 29.2 Å². The molecule has 1 aliphatic rings. The van der Waals surface area contributed by atoms with Crippen LogP contribution in [0, 0.1) is 12.7 Å². The molecule has 8 nitrogen and oxygen atoms in total. The van der Waals surface area contributed by atoms with E-state index in [-0.39, 0.29) is 30.1 Å². The minimum absolute atomic E-state index is 0.0262. The van der Waals surface area contributed by atoms with Gasteiger partial charge in [-0.1, -0.05) is 23.4 Å². The lowest BCUT2D eigenvalue weighted by Crippen LogP contribution is -2.47. The number of piperidine rings is 1. The number of aromatic nitrogens is 2. The Morgan fingerprint density at radius 1 is 1.20 bits per heavy atom. The fourth-order valence-electron chi connectivity index (χ4n) is 4.17. The molecule has 184 valence electrons. The highest BCUT2D eigenvalue weighted by molar-refractivity contribution is 5.80. The minimum atomic E-state index is -0.291. The maximum atomic E-state index is 13.5. The maximum Gasteiger partial charge on any atom is 0.227 e. The highest BCUT2D eigenvalue weighted by Gasteiger charge is 2.24. The predicted octanol–water partition coefficient (Wildman–Crippen LogP) is 3.48. The van der Waals surface area contributed by atoms with Crippen LogP contribution in [0.3, 0.4) is 0 Å². The molecule has 0 spiro atoms. The Balaban J connectivity index is 1.21. The molecule has 1 aliphatic heterocycles. The number of nitrogens with one attached hydrogen (secondary N) is 1. The molecule has 2 amide bonds. The highest BCUT2D eigenvalue weighted by atomic mass is 19.1. The summed E-state index contributed by atoms with van der Waals surface area (Å²) in [6.07, 6.45) is 2.24. The molecule has 0 radical (unpaired) electrons. The average Bonchev–Trinajstić information content (AvgIpc) is 3.34. The summed E-state index contributed by atoms with van der Waals surface area (Å²) in [5.41, 5.74) is 2.03. The molecule has 0 unspecified atom stereocenters. The zero-order valence-electron chi connectivity index (χ0n) is 19.9. The first-order chi connectivity index (χ1) is 16.9. The Labute approximate surface area is 203 Å². The zero-order valence-corrected chi connectivity index (χ0v) is 19.9. The molecule has 2 aromatic carbocycles. The van der Waals surface area contributed by atoms with E-state index in [0.717, 1.165) is 5.56 Å². The van der Waals surface area contributed by atoms with Crippen molar-refractivity contribution in [3.63, 3.8) is 0 Å². The fraction of sp³-hybridized carbons (Fsp3) is 0.385. The first kappa shape index (κ1) is 24.4. The number of carbonyl (C=O) groups is 2. The van der Waals surface area contributed by atoms with Gasteiger partial charge < -0.3 is 19.5 Å². The number of likely N-dealkylation sites (tertiary alicyclic amines) is 1. The largest absolute Gasteiger partial charge is 0.496 e. The van der Waals surface area contributed by atoms with Gasteiger partial charge in [0.25, 0.3) is 0 Å². The SMILES string of the molecule is COc1ccccc1CC(=O)N1CCC(NC(=O)CCc2nc(-c3ccc(F)c(C)c3)no2)CC1. The van der Waals surface area contributed by atoms with Crippen LogP contribution in [-0.4, -0.2) is 53.1 Å². The van der Waals surface area contributed by atoms with Crippen molar-refractivity contribution in [1.29, 1.82) is 0 Å². The molecule has 3 aromatic rings. The first-order valence-corrected chi connectivity index (χ1v) is 11.7. The molecule has 1 saturated heterocycles. The Kier molecular flexibility index (Phi) is 7.74. The number of amides is 2. The molecule has 0 atom stereocenters. The second kappa shape index (κ2) is 11.1. The van der Waals surface area contributed by atoms with Gasteiger partial charge in [0.15, 0.2) is 0 Å². The van der Waals surface area contributed by atoms with Crippen molar-refractivity contribution in [2.24, 2.45) is 0 Å². The molecule has 35 heavy (non-hydrogen) atoms. The summed E-state index contributed by atoms with van der Waals surface area (Å²) in [6, 6.07) is 12.2. The van der Waals surface area contributed by atoms with Crippen molar-refractivity contribution in [3.05, 3.63) is 65.3 Å². The molecule has 4 rings (SSSR count). The minimum Gasteiger partial charge on any atom is -0.496 e. The monoisotopic (exact) mass is 480 g/mol. The van der Waals surface area contributed by atoms with E-state index in [1.165, 1.54) is 6.07 Å². The summed E-state index contributed by atoms with van der Waals surface area (Å²) in [6.45, 7) is 2.87. The van der Waals surface area contributed by atoms with E-state index < -0.39 is 0 Å². The normalized spacial score (nSPS) is 14.1. The third kappa shape index (κ3) is 6.23. The number of rotatable bonds is 8. The quantitative estimate of drug-likeness (QED) is 0.530. The second-order valence-corrected chi connectivity index (χ2v) is 8.69. The Morgan fingerprint density at radius 3 is 2.71 bits per heavy atom. The summed E-state index contributed by atoms with van der Waals surface area (Å²) >= 11 is 0. The van der Waals surface area contributed by atoms with Crippen LogP contribution in [0.15, 0.2) is 47.0 Å². The number of aryl methyl sites for hydroxylation is 2. The number of hydrogen-bond donors (Lipinski definition) is 1. The van der Waals surface area contributed by atoms with Crippen molar-refractivity contribution >= 4 is 11.8 Å². The van der Waals surface area contributed by atoms with Crippen LogP contribution in [0.5, 0.6) is 5.75 Å². The summed E-state index contributed by atoms with van der Waals surface area (Å²) in [5, 5.41) is 6.97. The molecule has 0 bridgehead atoms. The van der Waals surface area contributed by atoms with Crippen molar-refractivity contribution in [1.82, 2.24) is 20.4 Å². The van der Waals surface area contributed by atoms with Crippen LogP contribution >= 0.6 is 0 Å². The van der Waals surface area contributed by atoms with E-state index in [9.17, 15) is 14.0 Å². The number of hydrogen-bond acceptors (Lipinski definition) is 6. The number of carbonyl (C=O) groups excluding carboxylic acids is 2. The molecule has 1 N–H and O–H groups in total. The van der Waals surface area contributed by atoms with Gasteiger partial charge >= 0.3 is 0 Å². The van der Waals surface area contributed by atoms with Crippen LogP contribution in [0.25, 0.3) is 11.4 Å². The summed E-state index contributed by atoms with van der Waals surface area (Å²) in [7, 11) is 1.60. The van der Waals surface area contributed by atoms with Crippen molar-refractivity contribution in [2.45, 2.75) is 45.1 Å². The van der Waals surface area contributed by atoms with Crippen molar-refractivity contribution < 1.29 is 23.2 Å². The predicted molar refractivity (Wildman–Crippen MR) is 127 cm³/mol. The summed E-state index contributed by atoms with van der Waals surface area (Å²) < 4.78 is 24.0. The van der Waals surface area contributed by atoms with Gasteiger partial charge in [-0.15, -0.1) is 0 Å².